The average molecular weight is 393 g/mol. The number of carbonyl (C=O) groups excluding carboxylic acids is 3. The van der Waals surface area contributed by atoms with Crippen LogP contribution in [-0.2, 0) is 32.3 Å². The van der Waals surface area contributed by atoms with Crippen molar-refractivity contribution in [1.82, 2.24) is 4.90 Å². The van der Waals surface area contributed by atoms with Gasteiger partial charge in [0.25, 0.3) is 0 Å². The Morgan fingerprint density at radius 2 is 1.48 bits per heavy atom. The smallest absolute Gasteiger partial charge is 0.410 e. The first-order chi connectivity index (χ1) is 14.1. The maximum absolute atomic E-state index is 12.9. The normalized spacial score (nSPS) is 23.0. The Kier molecular flexibility index (Phi) is 5.60. The number of hydrogen-bond donors (Lipinski definition) is 0. The van der Waals surface area contributed by atoms with Crippen LogP contribution in [0.25, 0.3) is 0 Å². The number of ether oxygens (including phenoxy) is 2. The predicted molar refractivity (Wildman–Crippen MR) is 105 cm³/mol. The highest BCUT2D eigenvalue weighted by molar-refractivity contribution is 5.90. The minimum Gasteiger partial charge on any atom is -0.459 e. The summed E-state index contributed by atoms with van der Waals surface area (Å²) in [6.45, 7) is 0.460. The van der Waals surface area contributed by atoms with Gasteiger partial charge in [-0.25, -0.2) is 9.59 Å². The molecular formula is C23H23NO5. The molecule has 0 spiro atoms. The van der Waals surface area contributed by atoms with Gasteiger partial charge in [0, 0.05) is 24.8 Å². The van der Waals surface area contributed by atoms with E-state index in [0.29, 0.717) is 12.8 Å². The Labute approximate surface area is 169 Å². The van der Waals surface area contributed by atoms with Gasteiger partial charge in [0.15, 0.2) is 0 Å². The standard InChI is InChI=1S/C23H23NO5/c25-20-12-11-18-19(20)13-24(23(27)29-15-17-9-5-2-6-10-17)21(18)22(26)28-14-16-7-3-1-4-8-16/h1-10,18-19,21H,11-15H2. The lowest BCUT2D eigenvalue weighted by Crippen LogP contribution is -2.44. The molecule has 0 bridgehead atoms. The van der Waals surface area contributed by atoms with E-state index < -0.39 is 18.1 Å². The number of amides is 1. The summed E-state index contributed by atoms with van der Waals surface area (Å²) < 4.78 is 10.9. The van der Waals surface area contributed by atoms with E-state index in [-0.39, 0.29) is 37.4 Å². The summed E-state index contributed by atoms with van der Waals surface area (Å²) in [4.78, 5) is 39.2. The third kappa shape index (κ3) is 4.16. The highest BCUT2D eigenvalue weighted by atomic mass is 16.6. The summed E-state index contributed by atoms with van der Waals surface area (Å²) in [6, 6.07) is 17.9. The largest absolute Gasteiger partial charge is 0.459 e. The van der Waals surface area contributed by atoms with Gasteiger partial charge in [0.1, 0.15) is 25.0 Å². The van der Waals surface area contributed by atoms with Crippen molar-refractivity contribution in [2.75, 3.05) is 6.54 Å². The minimum absolute atomic E-state index is 0.106. The summed E-state index contributed by atoms with van der Waals surface area (Å²) in [5.41, 5.74) is 1.73. The van der Waals surface area contributed by atoms with Crippen molar-refractivity contribution >= 4 is 17.8 Å². The summed E-state index contributed by atoms with van der Waals surface area (Å²) in [5, 5.41) is 0. The molecular weight excluding hydrogens is 370 g/mol. The van der Waals surface area contributed by atoms with Gasteiger partial charge in [-0.3, -0.25) is 9.69 Å². The molecule has 3 atom stereocenters. The van der Waals surface area contributed by atoms with Crippen LogP contribution in [0.15, 0.2) is 60.7 Å². The van der Waals surface area contributed by atoms with Gasteiger partial charge in [-0.1, -0.05) is 60.7 Å². The third-order valence-electron chi connectivity index (χ3n) is 5.69. The highest BCUT2D eigenvalue weighted by Gasteiger charge is 2.54. The van der Waals surface area contributed by atoms with Gasteiger partial charge in [0.2, 0.25) is 0 Å². The zero-order chi connectivity index (χ0) is 20.2. The topological polar surface area (TPSA) is 72.9 Å². The highest BCUT2D eigenvalue weighted by Crippen LogP contribution is 2.41. The molecule has 2 aromatic rings. The quantitative estimate of drug-likeness (QED) is 0.729. The number of ketones is 1. The molecule has 0 N–H and O–H groups in total. The van der Waals surface area contributed by atoms with Crippen LogP contribution in [0.5, 0.6) is 0 Å². The van der Waals surface area contributed by atoms with Crippen molar-refractivity contribution in [3.8, 4) is 0 Å². The van der Waals surface area contributed by atoms with Crippen LogP contribution in [-0.4, -0.2) is 35.3 Å². The molecule has 150 valence electrons. The number of benzene rings is 2. The van der Waals surface area contributed by atoms with Crippen molar-refractivity contribution in [3.63, 3.8) is 0 Å². The lowest BCUT2D eigenvalue weighted by molar-refractivity contribution is -0.151. The van der Waals surface area contributed by atoms with Crippen molar-refractivity contribution < 1.29 is 23.9 Å². The summed E-state index contributed by atoms with van der Waals surface area (Å²) in [5.74, 6) is -0.884. The first-order valence-corrected chi connectivity index (χ1v) is 9.84. The Balaban J connectivity index is 1.44. The molecule has 4 rings (SSSR count). The molecule has 6 heteroatoms. The van der Waals surface area contributed by atoms with E-state index in [1.165, 1.54) is 4.90 Å². The summed E-state index contributed by atoms with van der Waals surface area (Å²) >= 11 is 0. The van der Waals surface area contributed by atoms with Crippen LogP contribution in [0.3, 0.4) is 0 Å². The second-order valence-corrected chi connectivity index (χ2v) is 7.51. The first-order valence-electron chi connectivity index (χ1n) is 9.84. The first kappa shape index (κ1) is 19.2. The van der Waals surface area contributed by atoms with Gasteiger partial charge in [-0.05, 0) is 17.5 Å². The Hall–Kier alpha value is -3.15. The van der Waals surface area contributed by atoms with Crippen molar-refractivity contribution in [2.24, 2.45) is 11.8 Å². The van der Waals surface area contributed by atoms with Crippen LogP contribution < -0.4 is 0 Å². The molecule has 1 amide bonds. The summed E-state index contributed by atoms with van der Waals surface area (Å²) in [6.07, 6.45) is 0.458. The molecule has 2 fully saturated rings. The van der Waals surface area contributed by atoms with E-state index in [2.05, 4.69) is 0 Å². The van der Waals surface area contributed by atoms with E-state index in [1.54, 1.807) is 0 Å². The fourth-order valence-corrected chi connectivity index (χ4v) is 4.21. The lowest BCUT2D eigenvalue weighted by atomic mass is 9.94. The predicted octanol–water partition coefficient (Wildman–Crippen LogP) is 3.35. The Morgan fingerprint density at radius 3 is 2.10 bits per heavy atom. The van der Waals surface area contributed by atoms with E-state index in [0.717, 1.165) is 11.1 Å². The van der Waals surface area contributed by atoms with Crippen molar-refractivity contribution in [2.45, 2.75) is 32.1 Å². The Bertz CT molecular complexity index is 883. The maximum atomic E-state index is 12.9. The van der Waals surface area contributed by atoms with Crippen molar-refractivity contribution in [3.05, 3.63) is 71.8 Å². The van der Waals surface area contributed by atoms with Gasteiger partial charge in [-0.15, -0.1) is 0 Å². The second kappa shape index (κ2) is 8.47. The van der Waals surface area contributed by atoms with Crippen LogP contribution in [0.1, 0.15) is 24.0 Å². The fourth-order valence-electron chi connectivity index (χ4n) is 4.21. The van der Waals surface area contributed by atoms with Crippen molar-refractivity contribution in [1.29, 1.82) is 0 Å². The van der Waals surface area contributed by atoms with E-state index in [9.17, 15) is 14.4 Å². The lowest BCUT2D eigenvalue weighted by Gasteiger charge is -2.25. The zero-order valence-corrected chi connectivity index (χ0v) is 16.0. The van der Waals surface area contributed by atoms with Gasteiger partial charge < -0.3 is 9.47 Å². The average Bonchev–Trinajstić information content (AvgIpc) is 3.31. The molecule has 0 aromatic heterocycles. The fraction of sp³-hybridized carbons (Fsp3) is 0.348. The zero-order valence-electron chi connectivity index (χ0n) is 16.0. The van der Waals surface area contributed by atoms with E-state index in [4.69, 9.17) is 9.47 Å². The molecule has 1 saturated carbocycles. The van der Waals surface area contributed by atoms with E-state index >= 15 is 0 Å². The van der Waals surface area contributed by atoms with Crippen LogP contribution in [0, 0.1) is 11.8 Å². The second-order valence-electron chi connectivity index (χ2n) is 7.51. The number of Topliss-reactive ketones (excluding diaryl/α,β-unsaturated/α-hetero) is 1. The molecule has 29 heavy (non-hydrogen) atoms. The molecule has 2 aromatic carbocycles. The number of carbonyl (C=O) groups is 3. The van der Waals surface area contributed by atoms with Crippen LogP contribution in [0.4, 0.5) is 4.79 Å². The van der Waals surface area contributed by atoms with Gasteiger partial charge >= 0.3 is 12.1 Å². The molecule has 1 aliphatic carbocycles. The van der Waals surface area contributed by atoms with Gasteiger partial charge in [0.05, 0.1) is 0 Å². The molecule has 1 saturated heterocycles. The molecule has 6 nitrogen and oxygen atoms in total. The SMILES string of the molecule is O=C1CCC2C1CN(C(=O)OCc1ccccc1)C2C(=O)OCc1ccccc1. The molecule has 1 heterocycles. The third-order valence-corrected chi connectivity index (χ3v) is 5.69. The number of fused-ring (bicyclic) bond motifs is 1. The van der Waals surface area contributed by atoms with Crippen LogP contribution >= 0.6 is 0 Å². The number of esters is 1. The monoisotopic (exact) mass is 393 g/mol. The maximum Gasteiger partial charge on any atom is 0.410 e. The molecule has 3 unspecified atom stereocenters. The van der Waals surface area contributed by atoms with Crippen LogP contribution in [0.2, 0.25) is 0 Å². The number of nitrogens with zero attached hydrogens (tertiary/aromatic N) is 1. The number of rotatable bonds is 5. The Morgan fingerprint density at radius 1 is 0.897 bits per heavy atom. The summed E-state index contributed by atoms with van der Waals surface area (Å²) in [7, 11) is 0. The molecule has 1 aliphatic heterocycles. The van der Waals surface area contributed by atoms with E-state index in [1.807, 2.05) is 60.7 Å². The minimum atomic E-state index is -0.779. The molecule has 2 aliphatic rings. The van der Waals surface area contributed by atoms with Gasteiger partial charge in [-0.2, -0.15) is 0 Å². The number of hydrogen-bond acceptors (Lipinski definition) is 5. The molecule has 0 radical (unpaired) electrons. The number of likely N-dealkylation sites (tertiary alicyclic amines) is 1.